The van der Waals surface area contributed by atoms with E-state index in [0.29, 0.717) is 11.1 Å². The zero-order chi connectivity index (χ0) is 17.9. The van der Waals surface area contributed by atoms with E-state index < -0.39 is 20.8 Å². The van der Waals surface area contributed by atoms with Crippen molar-refractivity contribution in [2.45, 2.75) is 12.8 Å². The van der Waals surface area contributed by atoms with Crippen LogP contribution in [0, 0.1) is 10.1 Å². The summed E-state index contributed by atoms with van der Waals surface area (Å²) in [4.78, 5) is 18.9. The van der Waals surface area contributed by atoms with Crippen molar-refractivity contribution in [2.24, 2.45) is 0 Å². The molecule has 0 bridgehead atoms. The van der Waals surface area contributed by atoms with Crippen LogP contribution in [-0.4, -0.2) is 47.8 Å². The third-order valence-electron chi connectivity index (χ3n) is 3.22. The van der Waals surface area contributed by atoms with Crippen LogP contribution in [0.5, 0.6) is 11.8 Å². The van der Waals surface area contributed by atoms with E-state index in [0.717, 1.165) is 0 Å². The van der Waals surface area contributed by atoms with Gasteiger partial charge in [-0.2, -0.15) is 8.42 Å². The van der Waals surface area contributed by atoms with Crippen LogP contribution in [0.15, 0.2) is 12.1 Å². The minimum Gasteiger partial charge on any atom is -0.477 e. The smallest absolute Gasteiger partial charge is 0.278 e. The fourth-order valence-corrected chi connectivity index (χ4v) is 2.70. The maximum atomic E-state index is 11.1. The Kier molecular flexibility index (Phi) is 5.14. The van der Waals surface area contributed by atoms with E-state index in [1.807, 2.05) is 0 Å². The van der Waals surface area contributed by atoms with Crippen LogP contribution < -0.4 is 9.47 Å². The SMILES string of the molecule is COc1nc2cc([N+](=O)[O-])cc(CCCS(=O)(=O)O)c2nc1OC. The van der Waals surface area contributed by atoms with Crippen molar-refractivity contribution in [3.8, 4) is 11.8 Å². The molecule has 0 amide bonds. The molecule has 1 aromatic carbocycles. The highest BCUT2D eigenvalue weighted by Gasteiger charge is 2.18. The lowest BCUT2D eigenvalue weighted by molar-refractivity contribution is -0.384. The second kappa shape index (κ2) is 6.93. The number of methoxy groups -OCH3 is 2. The van der Waals surface area contributed by atoms with E-state index in [1.165, 1.54) is 26.4 Å². The topological polar surface area (TPSA) is 142 Å². The van der Waals surface area contributed by atoms with Crippen molar-refractivity contribution in [3.63, 3.8) is 0 Å². The Labute approximate surface area is 137 Å². The predicted octanol–water partition coefficient (Wildman–Crippen LogP) is 1.38. The molecule has 0 saturated carbocycles. The average Bonchev–Trinajstić information content (AvgIpc) is 2.51. The molecule has 0 aliphatic heterocycles. The monoisotopic (exact) mass is 357 g/mol. The molecule has 0 atom stereocenters. The molecule has 11 heteroatoms. The largest absolute Gasteiger partial charge is 0.477 e. The Hall–Kier alpha value is -2.53. The van der Waals surface area contributed by atoms with E-state index in [2.05, 4.69) is 9.97 Å². The van der Waals surface area contributed by atoms with Gasteiger partial charge in [-0.05, 0) is 18.4 Å². The maximum Gasteiger partial charge on any atom is 0.278 e. The summed E-state index contributed by atoms with van der Waals surface area (Å²) >= 11 is 0. The normalized spacial score (nSPS) is 11.5. The van der Waals surface area contributed by atoms with Gasteiger partial charge >= 0.3 is 0 Å². The molecule has 0 fully saturated rings. The summed E-state index contributed by atoms with van der Waals surface area (Å²) in [7, 11) is -1.37. The lowest BCUT2D eigenvalue weighted by Crippen LogP contribution is -2.06. The van der Waals surface area contributed by atoms with Gasteiger partial charge < -0.3 is 9.47 Å². The second-order valence-electron chi connectivity index (χ2n) is 4.86. The van der Waals surface area contributed by atoms with E-state index in [1.54, 1.807) is 0 Å². The Bertz CT molecular complexity index is 883. The molecule has 2 rings (SSSR count). The fraction of sp³-hybridized carbons (Fsp3) is 0.385. The summed E-state index contributed by atoms with van der Waals surface area (Å²) in [6.07, 6.45) is 0.229. The van der Waals surface area contributed by atoms with Gasteiger partial charge in [0.25, 0.3) is 27.6 Å². The number of rotatable bonds is 7. The molecule has 0 radical (unpaired) electrons. The van der Waals surface area contributed by atoms with Gasteiger partial charge in [0.15, 0.2) is 0 Å². The van der Waals surface area contributed by atoms with Gasteiger partial charge in [0.2, 0.25) is 0 Å². The van der Waals surface area contributed by atoms with E-state index in [4.69, 9.17) is 14.0 Å². The van der Waals surface area contributed by atoms with Crippen LogP contribution in [0.3, 0.4) is 0 Å². The van der Waals surface area contributed by atoms with E-state index >= 15 is 0 Å². The third-order valence-corrected chi connectivity index (χ3v) is 4.02. The van der Waals surface area contributed by atoms with Gasteiger partial charge in [0.1, 0.15) is 5.52 Å². The number of nitro groups is 1. The number of hydrogen-bond acceptors (Lipinski definition) is 8. The number of benzene rings is 1. The van der Waals surface area contributed by atoms with Gasteiger partial charge in [-0.1, -0.05) is 0 Å². The molecule has 1 heterocycles. The van der Waals surface area contributed by atoms with E-state index in [-0.39, 0.29) is 35.8 Å². The highest BCUT2D eigenvalue weighted by Crippen LogP contribution is 2.30. The number of fused-ring (bicyclic) bond motifs is 1. The molecule has 130 valence electrons. The number of non-ortho nitro benzene ring substituents is 1. The van der Waals surface area contributed by atoms with Crippen molar-refractivity contribution >= 4 is 26.8 Å². The van der Waals surface area contributed by atoms with Gasteiger partial charge in [0, 0.05) is 12.1 Å². The number of hydrogen-bond donors (Lipinski definition) is 1. The van der Waals surface area contributed by atoms with Crippen molar-refractivity contribution < 1.29 is 27.4 Å². The van der Waals surface area contributed by atoms with Crippen molar-refractivity contribution in [1.29, 1.82) is 0 Å². The van der Waals surface area contributed by atoms with Gasteiger partial charge in [-0.15, -0.1) is 0 Å². The molecule has 24 heavy (non-hydrogen) atoms. The van der Waals surface area contributed by atoms with Crippen LogP contribution in [0.25, 0.3) is 11.0 Å². The van der Waals surface area contributed by atoms with Crippen LogP contribution >= 0.6 is 0 Å². The zero-order valence-electron chi connectivity index (χ0n) is 12.9. The number of aromatic nitrogens is 2. The van der Waals surface area contributed by atoms with Crippen molar-refractivity contribution in [1.82, 2.24) is 9.97 Å². The Morgan fingerprint density at radius 3 is 2.38 bits per heavy atom. The maximum absolute atomic E-state index is 11.1. The standard InChI is InChI=1S/C13H15N3O7S/c1-22-12-13(23-2)15-11-8(4-3-5-24(19,20)21)6-9(16(17)18)7-10(11)14-12/h6-7H,3-5H2,1-2H3,(H,19,20,21). The first kappa shape index (κ1) is 17.8. The van der Waals surface area contributed by atoms with Crippen molar-refractivity contribution in [3.05, 3.63) is 27.8 Å². The van der Waals surface area contributed by atoms with Crippen LogP contribution in [-0.2, 0) is 16.5 Å². The molecule has 1 aromatic heterocycles. The van der Waals surface area contributed by atoms with Crippen LogP contribution in [0.4, 0.5) is 5.69 Å². The quantitative estimate of drug-likeness (QED) is 0.441. The lowest BCUT2D eigenvalue weighted by atomic mass is 10.1. The summed E-state index contributed by atoms with van der Waals surface area (Å²) < 4.78 is 40.6. The van der Waals surface area contributed by atoms with Crippen LogP contribution in [0.1, 0.15) is 12.0 Å². The first-order valence-corrected chi connectivity index (χ1v) is 8.38. The minimum absolute atomic E-state index is 0.0745. The predicted molar refractivity (Wildman–Crippen MR) is 84.0 cm³/mol. The average molecular weight is 357 g/mol. The first-order valence-electron chi connectivity index (χ1n) is 6.77. The zero-order valence-corrected chi connectivity index (χ0v) is 13.7. The molecule has 2 aromatic rings. The Morgan fingerprint density at radius 2 is 1.83 bits per heavy atom. The minimum atomic E-state index is -4.11. The number of ether oxygens (including phenoxy) is 2. The second-order valence-corrected chi connectivity index (χ2v) is 6.43. The summed E-state index contributed by atoms with van der Waals surface area (Å²) in [5.41, 5.74) is 0.791. The first-order chi connectivity index (χ1) is 11.2. The van der Waals surface area contributed by atoms with Crippen LogP contribution in [0.2, 0.25) is 0 Å². The fourth-order valence-electron chi connectivity index (χ4n) is 2.19. The summed E-state index contributed by atoms with van der Waals surface area (Å²) in [5, 5.41) is 11.1. The molecule has 0 unspecified atom stereocenters. The summed E-state index contributed by atoms with van der Waals surface area (Å²) in [5.74, 6) is -0.276. The number of nitro benzene ring substituents is 1. The van der Waals surface area contributed by atoms with Crippen molar-refractivity contribution in [2.75, 3.05) is 20.0 Å². The highest BCUT2D eigenvalue weighted by molar-refractivity contribution is 7.85. The molecule has 0 aliphatic carbocycles. The molecule has 0 aliphatic rings. The summed E-state index contributed by atoms with van der Waals surface area (Å²) in [6, 6.07) is 2.55. The van der Waals surface area contributed by atoms with Gasteiger partial charge in [-0.25, -0.2) is 9.97 Å². The Morgan fingerprint density at radius 1 is 1.21 bits per heavy atom. The van der Waals surface area contributed by atoms with E-state index in [9.17, 15) is 18.5 Å². The molecular formula is C13H15N3O7S. The Balaban J connectivity index is 2.54. The molecule has 1 N–H and O–H groups in total. The third kappa shape index (κ3) is 4.06. The molecule has 10 nitrogen and oxygen atoms in total. The van der Waals surface area contributed by atoms with Gasteiger partial charge in [0.05, 0.1) is 30.4 Å². The number of nitrogens with zero attached hydrogens (tertiary/aromatic N) is 3. The van der Waals surface area contributed by atoms with Gasteiger partial charge in [-0.3, -0.25) is 14.7 Å². The highest BCUT2D eigenvalue weighted by atomic mass is 32.2. The molecule has 0 saturated heterocycles. The number of aryl methyl sites for hydroxylation is 1. The lowest BCUT2D eigenvalue weighted by Gasteiger charge is -2.10. The molecular weight excluding hydrogens is 342 g/mol. The summed E-state index contributed by atoms with van der Waals surface area (Å²) in [6.45, 7) is 0. The molecule has 0 spiro atoms.